The zero-order valence-corrected chi connectivity index (χ0v) is 12.9. The Kier molecular flexibility index (Phi) is 4.29. The molecule has 3 nitrogen and oxygen atoms in total. The monoisotopic (exact) mass is 271 g/mol. The zero-order valence-electron chi connectivity index (χ0n) is 12.9. The van der Waals surface area contributed by atoms with Crippen LogP contribution in [0.25, 0.3) is 0 Å². The molecule has 2 rings (SSSR count). The van der Waals surface area contributed by atoms with E-state index in [2.05, 4.69) is 49.4 Å². The summed E-state index contributed by atoms with van der Waals surface area (Å²) in [5.74, 6) is 0.602. The van der Waals surface area contributed by atoms with Gasteiger partial charge in [-0.3, -0.25) is 0 Å². The van der Waals surface area contributed by atoms with Gasteiger partial charge in [-0.25, -0.2) is 4.98 Å². The van der Waals surface area contributed by atoms with Crippen LogP contribution in [0, 0.1) is 11.3 Å². The predicted octanol–water partition coefficient (Wildman–Crippen LogP) is 3.61. The van der Waals surface area contributed by atoms with Crippen LogP contribution in [0.4, 0.5) is 0 Å². The van der Waals surface area contributed by atoms with E-state index >= 15 is 0 Å². The first-order valence-corrected chi connectivity index (χ1v) is 7.22. The Hall–Kier alpha value is -1.61. The number of imidazole rings is 1. The average molecular weight is 271 g/mol. The first kappa shape index (κ1) is 14.8. The second-order valence-electron chi connectivity index (χ2n) is 6.48. The molecule has 108 valence electrons. The summed E-state index contributed by atoms with van der Waals surface area (Å²) in [5, 5.41) is 0. The Morgan fingerprint density at radius 1 is 1.20 bits per heavy atom. The van der Waals surface area contributed by atoms with E-state index in [-0.39, 0.29) is 11.5 Å². The summed E-state index contributed by atoms with van der Waals surface area (Å²) in [4.78, 5) is 4.30. The molecule has 3 heteroatoms. The molecule has 1 aromatic carbocycles. The standard InChI is InChI=1S/C17H25N3/c1-13(2)17(3,4)11-20-12-19-10-15(20)16(18)14-8-6-5-7-9-14/h5-10,12-13,16H,11,18H2,1-4H3. The fourth-order valence-corrected chi connectivity index (χ4v) is 2.17. The molecule has 0 spiro atoms. The third kappa shape index (κ3) is 3.10. The van der Waals surface area contributed by atoms with Crippen LogP contribution < -0.4 is 5.73 Å². The van der Waals surface area contributed by atoms with Gasteiger partial charge in [-0.1, -0.05) is 58.0 Å². The summed E-state index contributed by atoms with van der Waals surface area (Å²) in [5.41, 5.74) is 8.81. The van der Waals surface area contributed by atoms with E-state index < -0.39 is 0 Å². The Labute approximate surface area is 121 Å². The van der Waals surface area contributed by atoms with E-state index in [9.17, 15) is 0 Å². The van der Waals surface area contributed by atoms with Gasteiger partial charge in [-0.05, 0) is 16.9 Å². The number of aromatic nitrogens is 2. The number of benzene rings is 1. The van der Waals surface area contributed by atoms with Crippen molar-refractivity contribution in [3.63, 3.8) is 0 Å². The number of hydrogen-bond donors (Lipinski definition) is 1. The summed E-state index contributed by atoms with van der Waals surface area (Å²) in [7, 11) is 0. The highest BCUT2D eigenvalue weighted by molar-refractivity contribution is 5.26. The third-order valence-corrected chi connectivity index (χ3v) is 4.36. The molecule has 0 aliphatic heterocycles. The normalized spacial score (nSPS) is 13.7. The molecule has 2 aromatic rings. The van der Waals surface area contributed by atoms with Crippen molar-refractivity contribution < 1.29 is 0 Å². The summed E-state index contributed by atoms with van der Waals surface area (Å²) < 4.78 is 2.19. The lowest BCUT2D eigenvalue weighted by atomic mass is 9.81. The van der Waals surface area contributed by atoms with Gasteiger partial charge in [0.05, 0.1) is 24.3 Å². The van der Waals surface area contributed by atoms with Crippen molar-refractivity contribution in [2.45, 2.75) is 40.3 Å². The van der Waals surface area contributed by atoms with Crippen molar-refractivity contribution in [2.24, 2.45) is 17.1 Å². The maximum absolute atomic E-state index is 6.40. The molecule has 0 saturated heterocycles. The van der Waals surface area contributed by atoms with Gasteiger partial charge in [-0.15, -0.1) is 0 Å². The first-order valence-electron chi connectivity index (χ1n) is 7.22. The van der Waals surface area contributed by atoms with E-state index in [4.69, 9.17) is 5.73 Å². The molecule has 0 bridgehead atoms. The highest BCUT2D eigenvalue weighted by atomic mass is 15.1. The lowest BCUT2D eigenvalue weighted by Gasteiger charge is -2.31. The Morgan fingerprint density at radius 2 is 1.85 bits per heavy atom. The van der Waals surface area contributed by atoms with Gasteiger partial charge in [0.25, 0.3) is 0 Å². The van der Waals surface area contributed by atoms with E-state index in [1.807, 2.05) is 30.7 Å². The van der Waals surface area contributed by atoms with E-state index in [0.29, 0.717) is 5.92 Å². The largest absolute Gasteiger partial charge is 0.332 e. The van der Waals surface area contributed by atoms with Crippen LogP contribution in [0.3, 0.4) is 0 Å². The SMILES string of the molecule is CC(C)C(C)(C)Cn1cncc1C(N)c1ccccc1. The van der Waals surface area contributed by atoms with Crippen LogP contribution >= 0.6 is 0 Å². The van der Waals surface area contributed by atoms with Gasteiger partial charge in [0.15, 0.2) is 0 Å². The van der Waals surface area contributed by atoms with Gasteiger partial charge in [0, 0.05) is 6.54 Å². The molecule has 0 amide bonds. The summed E-state index contributed by atoms with van der Waals surface area (Å²) in [6, 6.07) is 10.1. The highest BCUT2D eigenvalue weighted by Gasteiger charge is 2.25. The molecule has 0 radical (unpaired) electrons. The van der Waals surface area contributed by atoms with Gasteiger partial charge in [0.1, 0.15) is 0 Å². The maximum atomic E-state index is 6.40. The second kappa shape index (κ2) is 5.80. The molecule has 0 fully saturated rings. The van der Waals surface area contributed by atoms with Crippen LogP contribution in [-0.4, -0.2) is 9.55 Å². The van der Waals surface area contributed by atoms with Crippen molar-refractivity contribution in [1.29, 1.82) is 0 Å². The Bertz CT molecular complexity index is 540. The molecule has 1 aromatic heterocycles. The van der Waals surface area contributed by atoms with Gasteiger partial charge in [0.2, 0.25) is 0 Å². The molecular formula is C17H25N3. The fourth-order valence-electron chi connectivity index (χ4n) is 2.17. The van der Waals surface area contributed by atoms with Crippen molar-refractivity contribution in [2.75, 3.05) is 0 Å². The molecule has 0 aliphatic carbocycles. The lowest BCUT2D eigenvalue weighted by molar-refractivity contribution is 0.207. The quantitative estimate of drug-likeness (QED) is 0.902. The predicted molar refractivity (Wildman–Crippen MR) is 83.3 cm³/mol. The fraction of sp³-hybridized carbons (Fsp3) is 0.471. The topological polar surface area (TPSA) is 43.8 Å². The highest BCUT2D eigenvalue weighted by Crippen LogP contribution is 2.30. The van der Waals surface area contributed by atoms with Gasteiger partial charge >= 0.3 is 0 Å². The third-order valence-electron chi connectivity index (χ3n) is 4.36. The lowest BCUT2D eigenvalue weighted by Crippen LogP contribution is -2.27. The zero-order chi connectivity index (χ0) is 14.8. The number of hydrogen-bond acceptors (Lipinski definition) is 2. The smallest absolute Gasteiger partial charge is 0.0948 e. The van der Waals surface area contributed by atoms with Crippen LogP contribution in [-0.2, 0) is 6.54 Å². The Morgan fingerprint density at radius 3 is 2.45 bits per heavy atom. The van der Waals surface area contributed by atoms with Gasteiger partial charge < -0.3 is 10.3 Å². The van der Waals surface area contributed by atoms with Crippen molar-refractivity contribution >= 4 is 0 Å². The molecule has 2 N–H and O–H groups in total. The van der Waals surface area contributed by atoms with Gasteiger partial charge in [-0.2, -0.15) is 0 Å². The van der Waals surface area contributed by atoms with Crippen molar-refractivity contribution in [1.82, 2.24) is 9.55 Å². The second-order valence-corrected chi connectivity index (χ2v) is 6.48. The molecule has 0 aliphatic rings. The number of rotatable bonds is 5. The van der Waals surface area contributed by atoms with Crippen molar-refractivity contribution in [3.8, 4) is 0 Å². The van der Waals surface area contributed by atoms with E-state index in [1.54, 1.807) is 0 Å². The van der Waals surface area contributed by atoms with Crippen LogP contribution in [0.15, 0.2) is 42.9 Å². The summed E-state index contributed by atoms with van der Waals surface area (Å²) in [6.45, 7) is 10.0. The number of nitrogens with zero attached hydrogens (tertiary/aromatic N) is 2. The Balaban J connectivity index is 2.25. The number of nitrogens with two attached hydrogens (primary N) is 1. The molecule has 1 unspecified atom stereocenters. The molecular weight excluding hydrogens is 246 g/mol. The summed E-state index contributed by atoms with van der Waals surface area (Å²) in [6.07, 6.45) is 3.77. The van der Waals surface area contributed by atoms with E-state index in [0.717, 1.165) is 17.8 Å². The van der Waals surface area contributed by atoms with Crippen molar-refractivity contribution in [3.05, 3.63) is 54.1 Å². The van der Waals surface area contributed by atoms with E-state index in [1.165, 1.54) is 0 Å². The molecule has 1 atom stereocenters. The first-order chi connectivity index (χ1) is 9.42. The minimum Gasteiger partial charge on any atom is -0.332 e. The average Bonchev–Trinajstić information content (AvgIpc) is 2.86. The molecule has 0 saturated carbocycles. The minimum atomic E-state index is -0.123. The van der Waals surface area contributed by atoms with Crippen LogP contribution in [0.2, 0.25) is 0 Å². The van der Waals surface area contributed by atoms with Crippen LogP contribution in [0.1, 0.15) is 45.0 Å². The van der Waals surface area contributed by atoms with Crippen LogP contribution in [0.5, 0.6) is 0 Å². The minimum absolute atomic E-state index is 0.123. The summed E-state index contributed by atoms with van der Waals surface area (Å²) >= 11 is 0. The molecule has 1 heterocycles. The maximum Gasteiger partial charge on any atom is 0.0948 e. The molecule has 20 heavy (non-hydrogen) atoms.